The number of urea groups is 1. The number of thiol groups is 1. The second-order valence-corrected chi connectivity index (χ2v) is 8.91. The van der Waals surface area contributed by atoms with Gasteiger partial charge in [-0.25, -0.2) is 4.79 Å². The topological polar surface area (TPSA) is 48.5 Å². The number of rotatable bonds is 4. The second kappa shape index (κ2) is 9.37. The number of thioether (sulfide) groups is 1. The zero-order valence-electron chi connectivity index (χ0n) is 16.6. The lowest BCUT2D eigenvalue weighted by molar-refractivity contribution is 0.223. The van der Waals surface area contributed by atoms with E-state index in [2.05, 4.69) is 34.1 Å². The number of carbonyl (C=O) groups excluding carboxylic acids is 1. The highest BCUT2D eigenvalue weighted by atomic mass is 35.5. The highest BCUT2D eigenvalue weighted by Crippen LogP contribution is 2.32. The largest absolute Gasteiger partial charge is 0.371 e. The normalized spacial score (nSPS) is 14.7. The Morgan fingerprint density at radius 3 is 2.63 bits per heavy atom. The van der Waals surface area contributed by atoms with E-state index in [1.54, 1.807) is 18.0 Å². The molecule has 0 aliphatic carbocycles. The Morgan fingerprint density at radius 2 is 1.93 bits per heavy atom. The van der Waals surface area contributed by atoms with Gasteiger partial charge in [0.2, 0.25) is 0 Å². The van der Waals surface area contributed by atoms with Crippen molar-refractivity contribution in [1.29, 1.82) is 0 Å². The van der Waals surface area contributed by atoms with E-state index >= 15 is 0 Å². The van der Waals surface area contributed by atoms with Crippen LogP contribution in [0.15, 0.2) is 59.6 Å². The summed E-state index contributed by atoms with van der Waals surface area (Å²) in [7, 11) is 0. The summed E-state index contributed by atoms with van der Waals surface area (Å²) in [6.07, 6.45) is 5.51. The fourth-order valence-electron chi connectivity index (χ4n) is 3.77. The number of fused-ring (bicyclic) bond motifs is 1. The zero-order valence-corrected chi connectivity index (χ0v) is 19.1. The first-order valence-electron chi connectivity index (χ1n) is 9.78. The fourth-order valence-corrected chi connectivity index (χ4v) is 4.69. The third-order valence-electron chi connectivity index (χ3n) is 5.40. The van der Waals surface area contributed by atoms with Gasteiger partial charge in [-0.05, 0) is 55.5 Å². The van der Waals surface area contributed by atoms with E-state index in [1.165, 1.54) is 4.31 Å². The van der Waals surface area contributed by atoms with Gasteiger partial charge >= 0.3 is 6.03 Å². The van der Waals surface area contributed by atoms with Gasteiger partial charge in [-0.2, -0.15) is 0 Å². The third kappa shape index (κ3) is 4.48. The number of hydrogen-bond acceptors (Lipinski definition) is 5. The van der Waals surface area contributed by atoms with Crippen LogP contribution in [-0.2, 0) is 0 Å². The summed E-state index contributed by atoms with van der Waals surface area (Å²) < 4.78 is 1.53. The summed E-state index contributed by atoms with van der Waals surface area (Å²) in [5.41, 5.74) is 2.72. The van der Waals surface area contributed by atoms with Crippen LogP contribution >= 0.6 is 36.2 Å². The van der Waals surface area contributed by atoms with Gasteiger partial charge in [-0.1, -0.05) is 36.5 Å². The molecule has 1 aliphatic heterocycles. The van der Waals surface area contributed by atoms with Crippen LogP contribution in [0.4, 0.5) is 16.2 Å². The van der Waals surface area contributed by atoms with E-state index in [9.17, 15) is 4.79 Å². The molecule has 30 heavy (non-hydrogen) atoms. The number of aromatic nitrogens is 1. The minimum Gasteiger partial charge on any atom is -0.371 e. The molecule has 3 aromatic rings. The number of para-hydroxylation sites is 1. The van der Waals surface area contributed by atoms with E-state index in [1.807, 2.05) is 48.7 Å². The maximum Gasteiger partial charge on any atom is 0.331 e. The SMILES string of the molecule is CSc1ccc(NC(=O)N(S)C2CCN(c3ccnc4c(Cl)cccc34)CC2)cc1. The Balaban J connectivity index is 1.39. The third-order valence-corrected chi connectivity index (χ3v) is 6.96. The molecular formula is C22H23ClN4OS2. The molecule has 5 nitrogen and oxygen atoms in total. The van der Waals surface area contributed by atoms with Crippen molar-refractivity contribution < 1.29 is 4.79 Å². The van der Waals surface area contributed by atoms with Crippen LogP contribution in [-0.4, -0.2) is 40.7 Å². The van der Waals surface area contributed by atoms with Gasteiger partial charge in [0.05, 0.1) is 10.5 Å². The first-order chi connectivity index (χ1) is 14.6. The van der Waals surface area contributed by atoms with Gasteiger partial charge in [0.1, 0.15) is 0 Å². The molecule has 1 aliphatic rings. The lowest BCUT2D eigenvalue weighted by Gasteiger charge is -2.37. The molecule has 2 heterocycles. The lowest BCUT2D eigenvalue weighted by atomic mass is 10.0. The predicted octanol–water partition coefficient (Wildman–Crippen LogP) is 5.96. The number of amides is 2. The summed E-state index contributed by atoms with van der Waals surface area (Å²) in [4.78, 5) is 20.5. The summed E-state index contributed by atoms with van der Waals surface area (Å²) in [6, 6.07) is 15.6. The minimum atomic E-state index is -0.199. The Bertz CT molecular complexity index is 1040. The number of benzene rings is 2. The van der Waals surface area contributed by atoms with Crippen LogP contribution in [0, 0.1) is 0 Å². The lowest BCUT2D eigenvalue weighted by Crippen LogP contribution is -2.44. The number of halogens is 1. The number of nitrogens with zero attached hydrogens (tertiary/aromatic N) is 3. The molecule has 1 aromatic heterocycles. The van der Waals surface area contributed by atoms with Crippen molar-refractivity contribution in [2.24, 2.45) is 0 Å². The molecule has 0 spiro atoms. The van der Waals surface area contributed by atoms with Crippen molar-refractivity contribution >= 4 is 64.5 Å². The zero-order chi connectivity index (χ0) is 21.1. The van der Waals surface area contributed by atoms with E-state index in [0.717, 1.165) is 53.1 Å². The Labute approximate surface area is 191 Å². The predicted molar refractivity (Wildman–Crippen MR) is 130 cm³/mol. The van der Waals surface area contributed by atoms with Crippen LogP contribution in [0.5, 0.6) is 0 Å². The average Bonchev–Trinajstić information content (AvgIpc) is 2.79. The van der Waals surface area contributed by atoms with E-state index in [0.29, 0.717) is 5.02 Å². The molecule has 1 saturated heterocycles. The molecule has 156 valence electrons. The fraction of sp³-hybridized carbons (Fsp3) is 0.273. The molecule has 0 unspecified atom stereocenters. The Morgan fingerprint density at radius 1 is 1.20 bits per heavy atom. The number of piperidine rings is 1. The first kappa shape index (κ1) is 21.2. The average molecular weight is 459 g/mol. The monoisotopic (exact) mass is 458 g/mol. The van der Waals surface area contributed by atoms with Gasteiger partial charge < -0.3 is 10.2 Å². The highest BCUT2D eigenvalue weighted by Gasteiger charge is 2.27. The van der Waals surface area contributed by atoms with Crippen molar-refractivity contribution in [1.82, 2.24) is 9.29 Å². The van der Waals surface area contributed by atoms with Gasteiger partial charge in [0.25, 0.3) is 0 Å². The van der Waals surface area contributed by atoms with E-state index < -0.39 is 0 Å². The van der Waals surface area contributed by atoms with Crippen molar-refractivity contribution in [2.75, 3.05) is 29.6 Å². The van der Waals surface area contributed by atoms with Crippen LogP contribution in [0.25, 0.3) is 10.9 Å². The molecule has 4 rings (SSSR count). The molecule has 8 heteroatoms. The smallest absolute Gasteiger partial charge is 0.331 e. The van der Waals surface area contributed by atoms with E-state index in [4.69, 9.17) is 11.6 Å². The molecule has 2 aromatic carbocycles. The quantitative estimate of drug-likeness (QED) is 0.374. The number of carbonyl (C=O) groups is 1. The Kier molecular flexibility index (Phi) is 6.61. The molecule has 0 atom stereocenters. The first-order valence-corrected chi connectivity index (χ1v) is 11.8. The van der Waals surface area contributed by atoms with Gasteiger partial charge in [0.15, 0.2) is 0 Å². The van der Waals surface area contributed by atoms with Crippen molar-refractivity contribution in [3.8, 4) is 0 Å². The van der Waals surface area contributed by atoms with Crippen LogP contribution in [0.1, 0.15) is 12.8 Å². The molecule has 1 N–H and O–H groups in total. The van der Waals surface area contributed by atoms with Crippen LogP contribution < -0.4 is 10.2 Å². The Hall–Kier alpha value is -2.09. The van der Waals surface area contributed by atoms with Crippen molar-refractivity contribution in [3.05, 3.63) is 59.8 Å². The minimum absolute atomic E-state index is 0.0757. The van der Waals surface area contributed by atoms with Crippen molar-refractivity contribution in [3.63, 3.8) is 0 Å². The maximum atomic E-state index is 12.6. The standard InChI is InChI=1S/C22H23ClN4OS2/c1-30-17-7-5-15(6-8-17)25-22(28)27(29)16-10-13-26(14-11-16)20-9-12-24-21-18(20)3-2-4-19(21)23/h2-9,12,16,29H,10-11,13-14H2,1H3,(H,25,28). The van der Waals surface area contributed by atoms with Gasteiger partial charge in [-0.15, -0.1) is 11.8 Å². The number of hydrogen-bond donors (Lipinski definition) is 2. The van der Waals surface area contributed by atoms with E-state index in [-0.39, 0.29) is 12.1 Å². The number of anilines is 2. The van der Waals surface area contributed by atoms with Gasteiger partial charge in [-0.3, -0.25) is 9.29 Å². The van der Waals surface area contributed by atoms with Gasteiger partial charge in [0, 0.05) is 47.0 Å². The second-order valence-electron chi connectivity index (χ2n) is 7.19. The molecule has 0 radical (unpaired) electrons. The molecule has 1 fully saturated rings. The highest BCUT2D eigenvalue weighted by molar-refractivity contribution is 7.98. The summed E-state index contributed by atoms with van der Waals surface area (Å²) in [5, 5.41) is 4.64. The number of pyridine rings is 1. The molecule has 0 bridgehead atoms. The maximum absolute atomic E-state index is 12.6. The van der Waals surface area contributed by atoms with Crippen LogP contribution in [0.2, 0.25) is 5.02 Å². The molecular weight excluding hydrogens is 436 g/mol. The molecule has 0 saturated carbocycles. The molecule has 2 amide bonds. The summed E-state index contributed by atoms with van der Waals surface area (Å²) in [5.74, 6) is 0. The summed E-state index contributed by atoms with van der Waals surface area (Å²) >= 11 is 12.5. The number of nitrogens with one attached hydrogen (secondary N) is 1. The summed E-state index contributed by atoms with van der Waals surface area (Å²) in [6.45, 7) is 1.67. The van der Waals surface area contributed by atoms with Crippen LogP contribution in [0.3, 0.4) is 0 Å². The van der Waals surface area contributed by atoms with Crippen molar-refractivity contribution in [2.45, 2.75) is 23.8 Å².